The molecular weight excluding hydrogens is 338 g/mol. The van der Waals surface area contributed by atoms with Crippen LogP contribution in [-0.2, 0) is 14.8 Å². The maximum Gasteiger partial charge on any atom is 0.219 e. The third kappa shape index (κ3) is 2.83. The summed E-state index contributed by atoms with van der Waals surface area (Å²) < 4.78 is 6.73. The van der Waals surface area contributed by atoms with Gasteiger partial charge < -0.3 is 9.33 Å². The summed E-state index contributed by atoms with van der Waals surface area (Å²) in [5.74, 6) is 0.116. The molecule has 0 radical (unpaired) electrons. The second-order valence-electron chi connectivity index (χ2n) is 8.27. The van der Waals surface area contributed by atoms with Gasteiger partial charge in [-0.25, -0.2) is 0 Å². The first-order valence-corrected chi connectivity index (χ1v) is 12.6. The van der Waals surface area contributed by atoms with Gasteiger partial charge in [-0.15, -0.1) is 0 Å². The molecule has 26 heavy (non-hydrogen) atoms. The summed E-state index contributed by atoms with van der Waals surface area (Å²) in [6.07, 6.45) is 0. The van der Waals surface area contributed by atoms with Gasteiger partial charge in [-0.3, -0.25) is 4.79 Å². The van der Waals surface area contributed by atoms with E-state index in [2.05, 4.69) is 74.2 Å². The molecule has 1 amide bonds. The van der Waals surface area contributed by atoms with Crippen LogP contribution in [0.25, 0.3) is 21.5 Å². The zero-order valence-corrected chi connectivity index (χ0v) is 16.9. The minimum Gasteiger partial charge on any atom is -0.404 e. The predicted octanol–water partition coefficient (Wildman–Crippen LogP) is 4.90. The SMILES string of the molecule is CC(=O)N1CC(O[Si](C)(C)C)(c2cc3ccccc3c3ccccc23)C1. The Morgan fingerprint density at radius 2 is 1.54 bits per heavy atom. The number of carbonyl (C=O) groups excluding carboxylic acids is 1. The Balaban J connectivity index is 1.96. The Bertz CT molecular complexity index is 1000. The lowest BCUT2D eigenvalue weighted by Gasteiger charge is -2.53. The van der Waals surface area contributed by atoms with E-state index in [4.69, 9.17) is 4.43 Å². The largest absolute Gasteiger partial charge is 0.404 e. The van der Waals surface area contributed by atoms with Crippen molar-refractivity contribution in [1.29, 1.82) is 0 Å². The number of hydrogen-bond donors (Lipinski definition) is 0. The molecule has 1 saturated heterocycles. The van der Waals surface area contributed by atoms with Gasteiger partial charge in [0.05, 0.1) is 13.1 Å². The number of hydrogen-bond acceptors (Lipinski definition) is 2. The number of benzene rings is 3. The fraction of sp³-hybridized carbons (Fsp3) is 0.318. The number of rotatable bonds is 3. The third-order valence-electron chi connectivity index (χ3n) is 5.10. The summed E-state index contributed by atoms with van der Waals surface area (Å²) in [5.41, 5.74) is 0.812. The molecule has 0 aromatic heterocycles. The highest BCUT2D eigenvalue weighted by atomic mass is 28.4. The van der Waals surface area contributed by atoms with E-state index in [0.29, 0.717) is 13.1 Å². The number of amides is 1. The first-order valence-electron chi connectivity index (χ1n) is 9.16. The number of nitrogens with zero attached hydrogens (tertiary/aromatic N) is 1. The van der Waals surface area contributed by atoms with E-state index in [-0.39, 0.29) is 5.91 Å². The fourth-order valence-electron chi connectivity index (χ4n) is 4.10. The lowest BCUT2D eigenvalue weighted by molar-refractivity contribution is -0.151. The van der Waals surface area contributed by atoms with Gasteiger partial charge in [-0.1, -0.05) is 48.5 Å². The molecule has 1 fully saturated rings. The molecule has 0 saturated carbocycles. The van der Waals surface area contributed by atoms with Crippen LogP contribution in [0.1, 0.15) is 12.5 Å². The summed E-state index contributed by atoms with van der Waals surface area (Å²) in [7, 11) is -1.80. The number of carbonyl (C=O) groups is 1. The summed E-state index contributed by atoms with van der Waals surface area (Å²) in [6.45, 7) is 9.55. The molecule has 0 aliphatic carbocycles. The normalized spacial score (nSPS) is 16.7. The van der Waals surface area contributed by atoms with E-state index in [0.717, 1.165) is 0 Å². The quantitative estimate of drug-likeness (QED) is 0.489. The highest BCUT2D eigenvalue weighted by molar-refractivity contribution is 6.69. The number of fused-ring (bicyclic) bond motifs is 3. The molecule has 0 unspecified atom stereocenters. The van der Waals surface area contributed by atoms with E-state index >= 15 is 0 Å². The molecule has 3 aromatic rings. The molecule has 0 atom stereocenters. The molecular formula is C22H25NO2Si. The van der Waals surface area contributed by atoms with E-state index in [1.165, 1.54) is 27.1 Å². The van der Waals surface area contributed by atoms with Crippen LogP contribution in [0.15, 0.2) is 54.6 Å². The van der Waals surface area contributed by atoms with Crippen LogP contribution < -0.4 is 0 Å². The van der Waals surface area contributed by atoms with Crippen molar-refractivity contribution in [1.82, 2.24) is 4.90 Å². The van der Waals surface area contributed by atoms with Crippen molar-refractivity contribution in [2.75, 3.05) is 13.1 Å². The van der Waals surface area contributed by atoms with E-state index in [1.54, 1.807) is 6.92 Å². The fourth-order valence-corrected chi connectivity index (χ4v) is 5.51. The first kappa shape index (κ1) is 17.3. The second kappa shape index (κ2) is 5.93. The van der Waals surface area contributed by atoms with Gasteiger partial charge in [0.25, 0.3) is 0 Å². The Labute approximate surface area is 155 Å². The van der Waals surface area contributed by atoms with Crippen LogP contribution in [-0.4, -0.2) is 32.2 Å². The molecule has 3 aromatic carbocycles. The molecule has 4 rings (SSSR count). The minimum atomic E-state index is -1.80. The van der Waals surface area contributed by atoms with Crippen molar-refractivity contribution in [3.63, 3.8) is 0 Å². The van der Waals surface area contributed by atoms with E-state index < -0.39 is 13.9 Å². The molecule has 1 heterocycles. The van der Waals surface area contributed by atoms with Crippen LogP contribution in [0.5, 0.6) is 0 Å². The Morgan fingerprint density at radius 3 is 2.15 bits per heavy atom. The highest BCUT2D eigenvalue weighted by Crippen LogP contribution is 2.43. The first-order chi connectivity index (χ1) is 12.3. The van der Waals surface area contributed by atoms with E-state index in [1.807, 2.05) is 4.90 Å². The zero-order valence-electron chi connectivity index (χ0n) is 15.9. The highest BCUT2D eigenvalue weighted by Gasteiger charge is 2.49. The number of likely N-dealkylation sites (tertiary alicyclic amines) is 1. The lowest BCUT2D eigenvalue weighted by Crippen LogP contribution is -2.64. The monoisotopic (exact) mass is 363 g/mol. The molecule has 0 bridgehead atoms. The Morgan fingerprint density at radius 1 is 0.962 bits per heavy atom. The molecule has 3 nitrogen and oxygen atoms in total. The van der Waals surface area contributed by atoms with Crippen LogP contribution in [0.3, 0.4) is 0 Å². The van der Waals surface area contributed by atoms with Crippen molar-refractivity contribution in [3.8, 4) is 0 Å². The molecule has 1 aliphatic heterocycles. The maximum atomic E-state index is 11.9. The van der Waals surface area contributed by atoms with Gasteiger partial charge in [0, 0.05) is 6.92 Å². The van der Waals surface area contributed by atoms with Gasteiger partial charge in [-0.05, 0) is 52.8 Å². The van der Waals surface area contributed by atoms with Crippen LogP contribution in [0.2, 0.25) is 19.6 Å². The zero-order chi connectivity index (χ0) is 18.5. The topological polar surface area (TPSA) is 29.5 Å². The maximum absolute atomic E-state index is 11.9. The van der Waals surface area contributed by atoms with Gasteiger partial charge in [0.15, 0.2) is 8.32 Å². The molecule has 134 valence electrons. The summed E-state index contributed by atoms with van der Waals surface area (Å²) in [4.78, 5) is 13.7. The third-order valence-corrected chi connectivity index (χ3v) is 6.10. The second-order valence-corrected chi connectivity index (χ2v) is 12.7. The van der Waals surface area contributed by atoms with Crippen molar-refractivity contribution < 1.29 is 9.22 Å². The Kier molecular flexibility index (Phi) is 3.93. The smallest absolute Gasteiger partial charge is 0.219 e. The minimum absolute atomic E-state index is 0.116. The molecule has 0 N–H and O–H groups in total. The van der Waals surface area contributed by atoms with Gasteiger partial charge in [-0.2, -0.15) is 0 Å². The van der Waals surface area contributed by atoms with Crippen LogP contribution in [0, 0.1) is 0 Å². The Hall–Kier alpha value is -2.17. The van der Waals surface area contributed by atoms with Crippen molar-refractivity contribution >= 4 is 35.8 Å². The summed E-state index contributed by atoms with van der Waals surface area (Å²) >= 11 is 0. The van der Waals surface area contributed by atoms with Gasteiger partial charge in [0.1, 0.15) is 5.60 Å². The van der Waals surface area contributed by atoms with Crippen molar-refractivity contribution in [2.45, 2.75) is 32.2 Å². The molecule has 1 aliphatic rings. The van der Waals surface area contributed by atoms with Crippen molar-refractivity contribution in [2.24, 2.45) is 0 Å². The summed E-state index contributed by atoms with van der Waals surface area (Å²) in [5, 5.41) is 4.96. The van der Waals surface area contributed by atoms with Gasteiger partial charge in [0.2, 0.25) is 5.91 Å². The lowest BCUT2D eigenvalue weighted by atomic mass is 9.81. The van der Waals surface area contributed by atoms with Crippen LogP contribution in [0.4, 0.5) is 0 Å². The van der Waals surface area contributed by atoms with Gasteiger partial charge >= 0.3 is 0 Å². The standard InChI is InChI=1S/C22H25NO2Si/c1-16(24)23-14-22(15-23,25-26(2,3)4)21-13-17-9-5-6-10-18(17)19-11-7-8-12-20(19)21/h5-13H,14-15H2,1-4H3. The van der Waals surface area contributed by atoms with Crippen molar-refractivity contribution in [3.05, 3.63) is 60.2 Å². The molecule has 0 spiro atoms. The predicted molar refractivity (Wildman–Crippen MR) is 110 cm³/mol. The molecule has 4 heteroatoms. The van der Waals surface area contributed by atoms with E-state index in [9.17, 15) is 4.79 Å². The van der Waals surface area contributed by atoms with Crippen LogP contribution >= 0.6 is 0 Å². The average Bonchev–Trinajstić information content (AvgIpc) is 2.56. The average molecular weight is 364 g/mol. The summed E-state index contributed by atoms with van der Waals surface area (Å²) in [6, 6.07) is 19.3.